The van der Waals surface area contributed by atoms with Crippen LogP contribution in [0.5, 0.6) is 0 Å². The predicted molar refractivity (Wildman–Crippen MR) is 89.4 cm³/mol. The molecule has 0 radical (unpaired) electrons. The highest BCUT2D eigenvalue weighted by atomic mass is 32.2. The van der Waals surface area contributed by atoms with Crippen LogP contribution < -0.4 is 5.73 Å². The molecule has 0 aromatic heterocycles. The van der Waals surface area contributed by atoms with Crippen LogP contribution in [0.25, 0.3) is 0 Å². The Morgan fingerprint density at radius 1 is 1.38 bits per heavy atom. The molecule has 1 amide bonds. The van der Waals surface area contributed by atoms with E-state index >= 15 is 0 Å². The van der Waals surface area contributed by atoms with E-state index in [4.69, 9.17) is 10.7 Å². The lowest BCUT2D eigenvalue weighted by molar-refractivity contribution is -0.115. The smallest absolute Gasteiger partial charge is 0.227 e. The molecule has 0 spiro atoms. The van der Waals surface area contributed by atoms with Gasteiger partial charge in [-0.25, -0.2) is 0 Å². The lowest BCUT2D eigenvalue weighted by atomic mass is 9.95. The third-order valence-electron chi connectivity index (χ3n) is 3.68. The van der Waals surface area contributed by atoms with Gasteiger partial charge in [-0.05, 0) is 24.9 Å². The first-order chi connectivity index (χ1) is 9.99. The summed E-state index contributed by atoms with van der Waals surface area (Å²) >= 11 is 1.50. The van der Waals surface area contributed by atoms with Crippen LogP contribution >= 0.6 is 11.8 Å². The van der Waals surface area contributed by atoms with Crippen LogP contribution in [0.2, 0.25) is 0 Å². The molecule has 2 rings (SSSR count). The fourth-order valence-corrected chi connectivity index (χ4v) is 3.49. The minimum absolute atomic E-state index is 0.0105. The van der Waals surface area contributed by atoms with Crippen molar-refractivity contribution in [3.8, 4) is 0 Å². The Kier molecular flexibility index (Phi) is 5.42. The number of likely N-dealkylation sites (N-methyl/N-ethyl adjacent to an activating group) is 1. The molecular formula is C16H23N3OS. The first-order valence-electron chi connectivity index (χ1n) is 7.22. The minimum atomic E-state index is -0.291. The number of nitrogens with zero attached hydrogens (tertiary/aromatic N) is 2. The van der Waals surface area contributed by atoms with Crippen molar-refractivity contribution in [2.45, 2.75) is 31.8 Å². The molecule has 0 aliphatic carbocycles. The van der Waals surface area contributed by atoms with Crippen molar-refractivity contribution in [2.24, 2.45) is 16.6 Å². The lowest BCUT2D eigenvalue weighted by Crippen LogP contribution is -2.39. The largest absolute Gasteiger partial charge is 0.369 e. The fourth-order valence-electron chi connectivity index (χ4n) is 2.60. The third-order valence-corrected chi connectivity index (χ3v) is 4.87. The Morgan fingerprint density at radius 2 is 2.05 bits per heavy atom. The van der Waals surface area contributed by atoms with Gasteiger partial charge in [0.15, 0.2) is 0 Å². The quantitative estimate of drug-likeness (QED) is 0.876. The maximum Gasteiger partial charge on any atom is 0.227 e. The molecule has 21 heavy (non-hydrogen) atoms. The summed E-state index contributed by atoms with van der Waals surface area (Å²) < 4.78 is 0. The molecule has 4 nitrogen and oxygen atoms in total. The number of carbonyl (C=O) groups excluding carboxylic acids is 1. The molecule has 2 unspecified atom stereocenters. The Morgan fingerprint density at radius 3 is 2.62 bits per heavy atom. The standard InChI is InChI=1S/C16H23N3OS/c1-11(2)15-13(9-12-7-5-4-6-8-12)19(3)16(18-15)21-10-14(17)20/h4-8,11,13,16H,9-10H2,1-3H3,(H2,17,20). The molecule has 0 bridgehead atoms. The zero-order valence-corrected chi connectivity index (χ0v) is 13.6. The van der Waals surface area contributed by atoms with Crippen molar-refractivity contribution in [3.63, 3.8) is 0 Å². The average Bonchev–Trinajstić information content (AvgIpc) is 2.75. The number of amides is 1. The van der Waals surface area contributed by atoms with E-state index in [1.54, 1.807) is 0 Å². The van der Waals surface area contributed by atoms with Gasteiger partial charge in [0.1, 0.15) is 5.50 Å². The van der Waals surface area contributed by atoms with Gasteiger partial charge in [-0.15, -0.1) is 11.8 Å². The topological polar surface area (TPSA) is 58.7 Å². The second-order valence-electron chi connectivity index (χ2n) is 5.68. The van der Waals surface area contributed by atoms with Crippen LogP contribution in [0.4, 0.5) is 0 Å². The van der Waals surface area contributed by atoms with Gasteiger partial charge in [-0.3, -0.25) is 14.7 Å². The molecule has 1 aliphatic heterocycles. The van der Waals surface area contributed by atoms with Crippen LogP contribution in [0.15, 0.2) is 35.3 Å². The van der Waals surface area contributed by atoms with Crippen molar-refractivity contribution >= 4 is 23.4 Å². The van der Waals surface area contributed by atoms with Crippen LogP contribution in [0.3, 0.4) is 0 Å². The van der Waals surface area contributed by atoms with E-state index in [0.29, 0.717) is 11.7 Å². The van der Waals surface area contributed by atoms with Gasteiger partial charge in [-0.1, -0.05) is 44.2 Å². The van der Waals surface area contributed by atoms with E-state index in [2.05, 4.69) is 50.1 Å². The summed E-state index contributed by atoms with van der Waals surface area (Å²) in [6.45, 7) is 4.34. The van der Waals surface area contributed by atoms with E-state index in [-0.39, 0.29) is 17.4 Å². The molecule has 1 heterocycles. The number of hydrogen-bond donors (Lipinski definition) is 1. The molecule has 0 saturated carbocycles. The Labute approximate surface area is 130 Å². The molecule has 0 fully saturated rings. The number of thioether (sulfide) groups is 1. The monoisotopic (exact) mass is 305 g/mol. The number of rotatable bonds is 6. The number of benzene rings is 1. The van der Waals surface area contributed by atoms with Gasteiger partial charge in [0.05, 0.1) is 11.8 Å². The summed E-state index contributed by atoms with van der Waals surface area (Å²) in [6, 6.07) is 10.7. The van der Waals surface area contributed by atoms with E-state index in [0.717, 1.165) is 6.42 Å². The van der Waals surface area contributed by atoms with Crippen LogP contribution in [0, 0.1) is 5.92 Å². The summed E-state index contributed by atoms with van der Waals surface area (Å²) in [6.07, 6.45) is 0.946. The number of nitrogens with two attached hydrogens (primary N) is 1. The van der Waals surface area contributed by atoms with Gasteiger partial charge in [-0.2, -0.15) is 0 Å². The number of aliphatic imine (C=N–C) groups is 1. The SMILES string of the molecule is CC(C)C1=NC(SCC(N)=O)N(C)C1Cc1ccccc1. The summed E-state index contributed by atoms with van der Waals surface area (Å²) in [5, 5.41) is 0. The first-order valence-corrected chi connectivity index (χ1v) is 8.27. The maximum absolute atomic E-state index is 11.0. The molecule has 1 aliphatic rings. The van der Waals surface area contributed by atoms with Gasteiger partial charge in [0, 0.05) is 5.71 Å². The molecule has 2 atom stereocenters. The summed E-state index contributed by atoms with van der Waals surface area (Å²) in [7, 11) is 2.07. The number of carbonyl (C=O) groups is 1. The zero-order valence-electron chi connectivity index (χ0n) is 12.8. The highest BCUT2D eigenvalue weighted by molar-refractivity contribution is 8.00. The first kappa shape index (κ1) is 16.0. The molecular weight excluding hydrogens is 282 g/mol. The summed E-state index contributed by atoms with van der Waals surface area (Å²) in [5.41, 5.74) is 7.75. The second kappa shape index (κ2) is 7.09. The minimum Gasteiger partial charge on any atom is -0.369 e. The van der Waals surface area contributed by atoms with Gasteiger partial charge >= 0.3 is 0 Å². The predicted octanol–water partition coefficient (Wildman–Crippen LogP) is 2.14. The van der Waals surface area contributed by atoms with Crippen molar-refractivity contribution in [1.82, 2.24) is 4.90 Å². The Bertz CT molecular complexity index is 516. The summed E-state index contributed by atoms with van der Waals surface area (Å²) in [4.78, 5) is 18.0. The molecule has 0 saturated heterocycles. The molecule has 114 valence electrons. The van der Waals surface area contributed by atoms with Crippen LogP contribution in [0.1, 0.15) is 19.4 Å². The van der Waals surface area contributed by atoms with E-state index in [1.165, 1.54) is 23.0 Å². The third kappa shape index (κ3) is 4.08. The maximum atomic E-state index is 11.0. The zero-order chi connectivity index (χ0) is 15.4. The van der Waals surface area contributed by atoms with Crippen molar-refractivity contribution < 1.29 is 4.79 Å². The van der Waals surface area contributed by atoms with Gasteiger partial charge in [0.2, 0.25) is 5.91 Å². The van der Waals surface area contributed by atoms with Gasteiger partial charge < -0.3 is 5.73 Å². The summed E-state index contributed by atoms with van der Waals surface area (Å²) in [5.74, 6) is 0.420. The van der Waals surface area contributed by atoms with Crippen molar-refractivity contribution in [2.75, 3.05) is 12.8 Å². The molecule has 2 N–H and O–H groups in total. The van der Waals surface area contributed by atoms with E-state index < -0.39 is 0 Å². The van der Waals surface area contributed by atoms with E-state index in [9.17, 15) is 4.79 Å². The molecule has 1 aromatic carbocycles. The van der Waals surface area contributed by atoms with Crippen LogP contribution in [-0.2, 0) is 11.2 Å². The van der Waals surface area contributed by atoms with Crippen LogP contribution in [-0.4, -0.2) is 40.9 Å². The average molecular weight is 305 g/mol. The van der Waals surface area contributed by atoms with E-state index in [1.807, 2.05) is 6.07 Å². The number of primary amides is 1. The fraction of sp³-hybridized carbons (Fsp3) is 0.500. The van der Waals surface area contributed by atoms with Gasteiger partial charge in [0.25, 0.3) is 0 Å². The lowest BCUT2D eigenvalue weighted by Gasteiger charge is -2.26. The Hall–Kier alpha value is -1.33. The molecule has 1 aromatic rings. The molecule has 5 heteroatoms. The highest BCUT2D eigenvalue weighted by Gasteiger charge is 2.35. The van der Waals surface area contributed by atoms with Crippen molar-refractivity contribution in [1.29, 1.82) is 0 Å². The highest BCUT2D eigenvalue weighted by Crippen LogP contribution is 2.29. The second-order valence-corrected chi connectivity index (χ2v) is 6.73. The van der Waals surface area contributed by atoms with Crippen molar-refractivity contribution in [3.05, 3.63) is 35.9 Å². The normalized spacial score (nSPS) is 22.6. The number of hydrogen-bond acceptors (Lipinski definition) is 4. The Balaban J connectivity index is 2.12.